The minimum Gasteiger partial charge on any atom is -0.505 e. The van der Waals surface area contributed by atoms with Crippen LogP contribution in [0.2, 0.25) is 10.0 Å². The molecule has 1 aliphatic carbocycles. The highest BCUT2D eigenvalue weighted by Crippen LogP contribution is 2.38. The zero-order valence-electron chi connectivity index (χ0n) is 31.4. The fourth-order valence-electron chi connectivity index (χ4n) is 6.87. The summed E-state index contributed by atoms with van der Waals surface area (Å²) in [6.45, 7) is 3.93. The smallest absolute Gasteiger partial charge is 0.324 e. The summed E-state index contributed by atoms with van der Waals surface area (Å²) in [7, 11) is -2.82. The molecule has 0 bridgehead atoms. The first-order valence-corrected chi connectivity index (χ1v) is 20.5. The van der Waals surface area contributed by atoms with Gasteiger partial charge in [0.25, 0.3) is 0 Å². The van der Waals surface area contributed by atoms with Gasteiger partial charge in [-0.2, -0.15) is 4.31 Å². The standard InChI is InChI=1S/C45H44Cl2FN3O4S/c1-32(2)28-50(44(53)49(3)41-20-11-10-19-39(41)37-17-8-5-9-18-37)29-33-13-12-14-34(25-33)30-51(56(54,55)42-27-38(46)26-40(47)43(42)52)31-45(48)23-21-36(22-24-45)35-15-6-4-7-16-35/h4-27,32,36,52H,28-31H2,1-3H3. The molecule has 0 unspecified atom stereocenters. The van der Waals surface area contributed by atoms with Crippen molar-refractivity contribution < 1.29 is 22.7 Å². The number of nitrogens with zero attached hydrogens (tertiary/aromatic N) is 3. The van der Waals surface area contributed by atoms with Crippen LogP contribution in [0.5, 0.6) is 5.75 Å². The number of sulfonamides is 1. The Morgan fingerprint density at radius 2 is 1.43 bits per heavy atom. The molecule has 0 aliphatic heterocycles. The second kappa shape index (κ2) is 17.5. The number of para-hydroxylation sites is 1. The van der Waals surface area contributed by atoms with Crippen LogP contribution in [0.25, 0.3) is 11.1 Å². The lowest BCUT2D eigenvalue weighted by atomic mass is 9.89. The number of rotatable bonds is 13. The Bertz CT molecular complexity index is 2320. The predicted molar refractivity (Wildman–Crippen MR) is 224 cm³/mol. The summed E-state index contributed by atoms with van der Waals surface area (Å²) >= 11 is 12.4. The van der Waals surface area contributed by atoms with Gasteiger partial charge in [-0.3, -0.25) is 4.90 Å². The number of hydrogen-bond donors (Lipinski definition) is 1. The molecular weight excluding hydrogens is 768 g/mol. The molecular formula is C45H44Cl2FN3O4S. The van der Waals surface area contributed by atoms with E-state index >= 15 is 4.39 Å². The number of phenols is 1. The average molecular weight is 813 g/mol. The third-order valence-electron chi connectivity index (χ3n) is 9.59. The summed E-state index contributed by atoms with van der Waals surface area (Å²) in [6.07, 6.45) is 6.17. The first-order valence-electron chi connectivity index (χ1n) is 18.3. The molecule has 290 valence electrons. The molecule has 56 heavy (non-hydrogen) atoms. The molecule has 2 amide bonds. The minimum atomic E-state index is -4.58. The van der Waals surface area contributed by atoms with Gasteiger partial charge in [-0.15, -0.1) is 0 Å². The number of aromatic hydroxyl groups is 1. The molecule has 5 aromatic carbocycles. The summed E-state index contributed by atoms with van der Waals surface area (Å²) in [6, 6.07) is 36.6. The Morgan fingerprint density at radius 3 is 2.09 bits per heavy atom. The van der Waals surface area contributed by atoms with Crippen LogP contribution in [0.1, 0.15) is 36.5 Å². The van der Waals surface area contributed by atoms with Crippen LogP contribution < -0.4 is 4.90 Å². The van der Waals surface area contributed by atoms with Crippen LogP contribution >= 0.6 is 23.2 Å². The van der Waals surface area contributed by atoms with Crippen LogP contribution in [-0.4, -0.2) is 54.6 Å². The third-order valence-corrected chi connectivity index (χ3v) is 11.9. The Kier molecular flexibility index (Phi) is 12.7. The summed E-state index contributed by atoms with van der Waals surface area (Å²) < 4.78 is 46.4. The van der Waals surface area contributed by atoms with Gasteiger partial charge < -0.3 is 10.0 Å². The maximum atomic E-state index is 16.7. The number of hydrogen-bond acceptors (Lipinski definition) is 4. The highest BCUT2D eigenvalue weighted by atomic mass is 35.5. The maximum Gasteiger partial charge on any atom is 0.324 e. The fourth-order valence-corrected chi connectivity index (χ4v) is 9.08. The molecule has 0 radical (unpaired) electrons. The van der Waals surface area contributed by atoms with Crippen LogP contribution in [0.3, 0.4) is 0 Å². The lowest BCUT2D eigenvalue weighted by molar-refractivity contribution is 0.196. The molecule has 1 N–H and O–H groups in total. The van der Waals surface area contributed by atoms with Gasteiger partial charge in [-0.05, 0) is 58.5 Å². The van der Waals surface area contributed by atoms with E-state index in [9.17, 15) is 18.3 Å². The van der Waals surface area contributed by atoms with Gasteiger partial charge in [-0.1, -0.05) is 152 Å². The Hall–Kier alpha value is -4.93. The van der Waals surface area contributed by atoms with Crippen molar-refractivity contribution >= 4 is 44.9 Å². The fraction of sp³-hybridized carbons (Fsp3) is 0.222. The zero-order valence-corrected chi connectivity index (χ0v) is 33.7. The Labute approximate surface area is 339 Å². The predicted octanol–water partition coefficient (Wildman–Crippen LogP) is 10.9. The number of alkyl halides is 1. The van der Waals surface area contributed by atoms with E-state index in [-0.39, 0.29) is 41.0 Å². The Morgan fingerprint density at radius 1 is 0.821 bits per heavy atom. The molecule has 0 saturated carbocycles. The molecule has 6 rings (SSSR count). The summed E-state index contributed by atoms with van der Waals surface area (Å²) in [4.78, 5) is 17.1. The van der Waals surface area contributed by atoms with Gasteiger partial charge in [0.05, 0.1) is 17.3 Å². The largest absolute Gasteiger partial charge is 0.505 e. The molecule has 0 aromatic heterocycles. The van der Waals surface area contributed by atoms with Gasteiger partial charge in [0.1, 0.15) is 4.90 Å². The molecule has 5 aromatic rings. The van der Waals surface area contributed by atoms with Gasteiger partial charge in [-0.25, -0.2) is 17.6 Å². The summed E-state index contributed by atoms with van der Waals surface area (Å²) in [5.41, 5.74) is 2.78. The number of anilines is 1. The number of amides is 2. The zero-order chi connectivity index (χ0) is 40.0. The molecule has 0 saturated heterocycles. The van der Waals surface area contributed by atoms with E-state index in [4.69, 9.17) is 23.2 Å². The second-order valence-electron chi connectivity index (χ2n) is 14.4. The van der Waals surface area contributed by atoms with E-state index < -0.39 is 32.9 Å². The molecule has 0 spiro atoms. The highest BCUT2D eigenvalue weighted by molar-refractivity contribution is 7.89. The first kappa shape index (κ1) is 40.7. The van der Waals surface area contributed by atoms with Gasteiger partial charge in [0.15, 0.2) is 11.4 Å². The second-order valence-corrected chi connectivity index (χ2v) is 17.2. The average Bonchev–Trinajstić information content (AvgIpc) is 3.19. The van der Waals surface area contributed by atoms with Crippen molar-refractivity contribution in [2.75, 3.05) is 25.0 Å². The van der Waals surface area contributed by atoms with Crippen LogP contribution in [0, 0.1) is 5.92 Å². The number of carbonyl (C=O) groups is 1. The maximum absolute atomic E-state index is 16.7. The van der Waals surface area contributed by atoms with E-state index in [1.54, 1.807) is 41.1 Å². The van der Waals surface area contributed by atoms with Crippen molar-refractivity contribution in [3.05, 3.63) is 172 Å². The van der Waals surface area contributed by atoms with Gasteiger partial charge in [0.2, 0.25) is 10.0 Å². The van der Waals surface area contributed by atoms with Crippen LogP contribution in [0.15, 0.2) is 151 Å². The van der Waals surface area contributed by atoms with E-state index in [0.29, 0.717) is 12.1 Å². The lowest BCUT2D eigenvalue weighted by Gasteiger charge is -2.31. The van der Waals surface area contributed by atoms with E-state index in [1.807, 2.05) is 111 Å². The van der Waals surface area contributed by atoms with Crippen molar-refractivity contribution in [1.29, 1.82) is 0 Å². The normalized spacial score (nSPS) is 16.7. The quantitative estimate of drug-likeness (QED) is 0.120. The first-order chi connectivity index (χ1) is 26.7. The topological polar surface area (TPSA) is 81.2 Å². The van der Waals surface area contributed by atoms with E-state index in [2.05, 4.69) is 0 Å². The summed E-state index contributed by atoms with van der Waals surface area (Å²) in [5.74, 6) is -0.709. The highest BCUT2D eigenvalue weighted by Gasteiger charge is 2.37. The number of urea groups is 1. The van der Waals surface area contributed by atoms with Gasteiger partial charge >= 0.3 is 6.03 Å². The van der Waals surface area contributed by atoms with Crippen molar-refractivity contribution in [3.63, 3.8) is 0 Å². The van der Waals surface area contributed by atoms with E-state index in [0.717, 1.165) is 38.3 Å². The lowest BCUT2D eigenvalue weighted by Crippen LogP contribution is -2.43. The van der Waals surface area contributed by atoms with Crippen LogP contribution in [-0.2, 0) is 23.1 Å². The van der Waals surface area contributed by atoms with Gasteiger partial charge in [0, 0.05) is 43.2 Å². The molecule has 0 heterocycles. The molecule has 0 fully saturated rings. The van der Waals surface area contributed by atoms with Crippen molar-refractivity contribution in [2.45, 2.75) is 43.4 Å². The molecule has 1 aliphatic rings. The molecule has 7 nitrogen and oxygen atoms in total. The van der Waals surface area contributed by atoms with E-state index in [1.165, 1.54) is 18.2 Å². The molecule has 11 heteroatoms. The monoisotopic (exact) mass is 811 g/mol. The number of halogens is 3. The minimum absolute atomic E-state index is 0.00211. The number of benzene rings is 5. The van der Waals surface area contributed by atoms with Crippen molar-refractivity contribution in [1.82, 2.24) is 9.21 Å². The van der Waals surface area contributed by atoms with Crippen molar-refractivity contribution in [3.8, 4) is 16.9 Å². The van der Waals surface area contributed by atoms with Crippen molar-refractivity contribution in [2.24, 2.45) is 5.92 Å². The Balaban J connectivity index is 1.29. The SMILES string of the molecule is CC(C)CN(Cc1cccc(CN(CC2(F)C=CC(c3ccccc3)C=C2)S(=O)(=O)c2cc(Cl)cc(Cl)c2O)c1)C(=O)N(C)c1ccccc1-c1ccccc1. The third kappa shape index (κ3) is 9.53. The molecule has 0 atom stereocenters. The number of phenolic OH excluding ortho intramolecular Hbond substituents is 1. The van der Waals surface area contributed by atoms with Crippen LogP contribution in [0.4, 0.5) is 14.9 Å². The number of allylic oxidation sites excluding steroid dienone is 2. The summed E-state index contributed by atoms with van der Waals surface area (Å²) in [5, 5.41) is 10.6. The number of carbonyl (C=O) groups excluding carboxylic acids is 1.